The monoisotopic (exact) mass is 386 g/mol. The number of ketones is 1. The van der Waals surface area contributed by atoms with Crippen LogP contribution < -0.4 is 0 Å². The molecule has 0 bridgehead atoms. The van der Waals surface area contributed by atoms with Crippen LogP contribution in [0.2, 0.25) is 0 Å². The van der Waals surface area contributed by atoms with Gasteiger partial charge in [-0.3, -0.25) is 4.79 Å². The van der Waals surface area contributed by atoms with E-state index >= 15 is 0 Å². The Hall–Kier alpha value is -2.37. The highest BCUT2D eigenvalue weighted by Gasteiger charge is 2.15. The molecule has 1 fully saturated rings. The third-order valence-corrected chi connectivity index (χ3v) is 4.68. The van der Waals surface area contributed by atoms with Crippen molar-refractivity contribution in [2.24, 2.45) is 0 Å². The topological polar surface area (TPSA) is 35.5 Å². The van der Waals surface area contributed by atoms with Crippen LogP contribution in [0.3, 0.4) is 0 Å². The van der Waals surface area contributed by atoms with Crippen LogP contribution in [0.15, 0.2) is 54.6 Å². The highest BCUT2D eigenvalue weighted by atomic mass is 19.1. The van der Waals surface area contributed by atoms with Crippen molar-refractivity contribution in [1.29, 1.82) is 0 Å². The van der Waals surface area contributed by atoms with E-state index in [1.165, 1.54) is 6.08 Å². The number of carbonyl (C=O) groups is 1. The third kappa shape index (κ3) is 5.81. The van der Waals surface area contributed by atoms with Crippen LogP contribution in [0.4, 0.5) is 8.78 Å². The maximum atomic E-state index is 13.9. The molecule has 1 heterocycles. The lowest BCUT2D eigenvalue weighted by molar-refractivity contribution is -0.162. The van der Waals surface area contributed by atoms with Gasteiger partial charge in [-0.2, -0.15) is 0 Å². The van der Waals surface area contributed by atoms with E-state index in [9.17, 15) is 13.6 Å². The zero-order valence-corrected chi connectivity index (χ0v) is 15.7. The molecule has 3 rings (SSSR count). The molecule has 2 aromatic rings. The summed E-state index contributed by atoms with van der Waals surface area (Å²) in [5, 5.41) is 0. The lowest BCUT2D eigenvalue weighted by Crippen LogP contribution is -2.22. The zero-order valence-electron chi connectivity index (χ0n) is 15.7. The Morgan fingerprint density at radius 2 is 1.96 bits per heavy atom. The molecule has 0 saturated carbocycles. The zero-order chi connectivity index (χ0) is 19.8. The van der Waals surface area contributed by atoms with E-state index < -0.39 is 17.4 Å². The molecule has 28 heavy (non-hydrogen) atoms. The van der Waals surface area contributed by atoms with E-state index in [2.05, 4.69) is 0 Å². The Bertz CT molecular complexity index is 812. The summed E-state index contributed by atoms with van der Waals surface area (Å²) in [6.45, 7) is 1.24. The number of benzene rings is 2. The van der Waals surface area contributed by atoms with Gasteiger partial charge >= 0.3 is 0 Å². The van der Waals surface area contributed by atoms with Crippen LogP contribution in [0.5, 0.6) is 0 Å². The fraction of sp³-hybridized carbons (Fsp3) is 0.348. The summed E-state index contributed by atoms with van der Waals surface area (Å²) in [6.07, 6.45) is 5.59. The van der Waals surface area contributed by atoms with Gasteiger partial charge in [-0.05, 0) is 67.5 Å². The van der Waals surface area contributed by atoms with E-state index in [0.717, 1.165) is 55.2 Å². The summed E-state index contributed by atoms with van der Waals surface area (Å²) in [5.74, 6) is -1.92. The molecule has 3 nitrogen and oxygen atoms in total. The Morgan fingerprint density at radius 3 is 2.71 bits per heavy atom. The number of rotatable bonds is 8. The molecule has 0 amide bonds. The van der Waals surface area contributed by atoms with Gasteiger partial charge < -0.3 is 9.47 Å². The van der Waals surface area contributed by atoms with Gasteiger partial charge in [0.05, 0.1) is 12.2 Å². The Morgan fingerprint density at radius 1 is 1.14 bits per heavy atom. The second kappa shape index (κ2) is 10.2. The largest absolute Gasteiger partial charge is 0.353 e. The van der Waals surface area contributed by atoms with E-state index in [1.807, 2.05) is 30.3 Å². The first-order valence-electron chi connectivity index (χ1n) is 9.62. The quantitative estimate of drug-likeness (QED) is 0.339. The molecule has 1 unspecified atom stereocenters. The minimum Gasteiger partial charge on any atom is -0.353 e. The van der Waals surface area contributed by atoms with Crippen LogP contribution in [-0.4, -0.2) is 25.3 Å². The van der Waals surface area contributed by atoms with E-state index in [-0.39, 0.29) is 11.9 Å². The molecular formula is C23H24F2O3. The van der Waals surface area contributed by atoms with Gasteiger partial charge in [0.25, 0.3) is 0 Å². The lowest BCUT2D eigenvalue weighted by atomic mass is 9.98. The van der Waals surface area contributed by atoms with Crippen molar-refractivity contribution in [3.05, 3.63) is 77.4 Å². The third-order valence-electron chi connectivity index (χ3n) is 4.68. The summed E-state index contributed by atoms with van der Waals surface area (Å²) in [4.78, 5) is 12.5. The molecule has 1 atom stereocenters. The molecule has 148 valence electrons. The molecule has 5 heteroatoms. The van der Waals surface area contributed by atoms with Crippen LogP contribution in [0.1, 0.15) is 48.0 Å². The van der Waals surface area contributed by atoms with Gasteiger partial charge in [0.2, 0.25) is 0 Å². The van der Waals surface area contributed by atoms with Crippen LogP contribution in [-0.2, 0) is 9.47 Å². The SMILES string of the molecule is O=C(/C=C(\CCCOC1CCCCO1)c1ccccc1)c1cc(F)ccc1F. The fourth-order valence-electron chi connectivity index (χ4n) is 3.19. The van der Waals surface area contributed by atoms with E-state index in [4.69, 9.17) is 9.47 Å². The van der Waals surface area contributed by atoms with Gasteiger partial charge in [-0.1, -0.05) is 30.3 Å². The maximum absolute atomic E-state index is 13.9. The summed E-state index contributed by atoms with van der Waals surface area (Å²) >= 11 is 0. The number of halogens is 2. The number of hydrogen-bond donors (Lipinski definition) is 0. The van der Waals surface area contributed by atoms with Crippen molar-refractivity contribution in [2.75, 3.05) is 13.2 Å². The van der Waals surface area contributed by atoms with Crippen molar-refractivity contribution >= 4 is 11.4 Å². The number of ether oxygens (including phenoxy) is 2. The standard InChI is InChI=1S/C23H24F2O3/c24-19-11-12-21(25)20(16-19)22(26)15-18(17-7-2-1-3-8-17)9-6-14-28-23-10-4-5-13-27-23/h1-3,7-8,11-12,15-16,23H,4-6,9-10,13-14H2/b18-15+. The molecule has 1 saturated heterocycles. The average Bonchev–Trinajstić information content (AvgIpc) is 2.73. The average molecular weight is 386 g/mol. The Labute approximate surface area is 164 Å². The van der Waals surface area contributed by atoms with Crippen molar-refractivity contribution in [3.8, 4) is 0 Å². The molecule has 0 aliphatic carbocycles. The molecule has 0 N–H and O–H groups in total. The van der Waals surface area contributed by atoms with Gasteiger partial charge in [0.15, 0.2) is 12.1 Å². The fourth-order valence-corrected chi connectivity index (χ4v) is 3.19. The first-order valence-corrected chi connectivity index (χ1v) is 9.62. The smallest absolute Gasteiger partial charge is 0.189 e. The predicted molar refractivity (Wildman–Crippen MR) is 104 cm³/mol. The Balaban J connectivity index is 1.69. The van der Waals surface area contributed by atoms with Crippen LogP contribution >= 0.6 is 0 Å². The summed E-state index contributed by atoms with van der Waals surface area (Å²) in [5.41, 5.74) is 1.38. The molecule has 1 aliphatic rings. The molecule has 2 aromatic carbocycles. The van der Waals surface area contributed by atoms with Crippen molar-refractivity contribution in [3.63, 3.8) is 0 Å². The maximum Gasteiger partial charge on any atom is 0.189 e. The second-order valence-electron chi connectivity index (χ2n) is 6.79. The van der Waals surface area contributed by atoms with Gasteiger partial charge in [-0.15, -0.1) is 0 Å². The number of hydrogen-bond acceptors (Lipinski definition) is 3. The minimum absolute atomic E-state index is 0.152. The number of allylic oxidation sites excluding steroid dienone is 2. The van der Waals surface area contributed by atoms with Crippen molar-refractivity contribution in [1.82, 2.24) is 0 Å². The highest BCUT2D eigenvalue weighted by Crippen LogP contribution is 2.23. The molecule has 0 aromatic heterocycles. The number of carbonyl (C=O) groups excluding carboxylic acids is 1. The molecular weight excluding hydrogens is 362 g/mol. The normalized spacial score (nSPS) is 17.5. The van der Waals surface area contributed by atoms with Crippen molar-refractivity contribution in [2.45, 2.75) is 38.4 Å². The first kappa shape index (κ1) is 20.4. The first-order chi connectivity index (χ1) is 13.6. The predicted octanol–water partition coefficient (Wildman–Crippen LogP) is 5.55. The van der Waals surface area contributed by atoms with Crippen LogP contribution in [0.25, 0.3) is 5.57 Å². The molecule has 0 radical (unpaired) electrons. The van der Waals surface area contributed by atoms with Gasteiger partial charge in [0, 0.05) is 6.61 Å². The summed E-state index contributed by atoms with van der Waals surface area (Å²) in [6, 6.07) is 12.3. The van der Waals surface area contributed by atoms with Crippen LogP contribution in [0, 0.1) is 11.6 Å². The highest BCUT2D eigenvalue weighted by molar-refractivity contribution is 6.08. The van der Waals surface area contributed by atoms with Gasteiger partial charge in [0.1, 0.15) is 11.6 Å². The summed E-state index contributed by atoms with van der Waals surface area (Å²) < 4.78 is 38.7. The summed E-state index contributed by atoms with van der Waals surface area (Å²) in [7, 11) is 0. The minimum atomic E-state index is -0.729. The van der Waals surface area contributed by atoms with E-state index in [0.29, 0.717) is 19.4 Å². The molecule has 0 spiro atoms. The Kier molecular flexibility index (Phi) is 7.46. The molecule has 1 aliphatic heterocycles. The van der Waals surface area contributed by atoms with Gasteiger partial charge in [-0.25, -0.2) is 8.78 Å². The lowest BCUT2D eigenvalue weighted by Gasteiger charge is -2.22. The van der Waals surface area contributed by atoms with E-state index in [1.54, 1.807) is 0 Å². The second-order valence-corrected chi connectivity index (χ2v) is 6.79. The van der Waals surface area contributed by atoms with Crippen molar-refractivity contribution < 1.29 is 23.0 Å².